The largest absolute Gasteiger partial charge is 0.388 e. The molecule has 0 saturated heterocycles. The molecule has 1 N–H and O–H groups in total. The van der Waals surface area contributed by atoms with E-state index in [0.29, 0.717) is 22.4 Å². The van der Waals surface area contributed by atoms with Crippen LogP contribution in [-0.4, -0.2) is 5.11 Å². The molecule has 20 heavy (non-hydrogen) atoms. The fourth-order valence-corrected chi connectivity index (χ4v) is 2.85. The van der Waals surface area contributed by atoms with E-state index in [4.69, 9.17) is 23.2 Å². The first-order valence-electron chi connectivity index (χ1n) is 6.85. The van der Waals surface area contributed by atoms with E-state index in [2.05, 4.69) is 12.1 Å². The van der Waals surface area contributed by atoms with E-state index in [1.165, 1.54) is 18.4 Å². The summed E-state index contributed by atoms with van der Waals surface area (Å²) in [6, 6.07) is 13.6. The summed E-state index contributed by atoms with van der Waals surface area (Å²) in [5.41, 5.74) is 3.16. The molecule has 0 spiro atoms. The molecule has 1 nitrogen and oxygen atoms in total. The molecule has 1 saturated carbocycles. The highest BCUT2D eigenvalue weighted by Gasteiger charge is 2.24. The minimum Gasteiger partial charge on any atom is -0.388 e. The van der Waals surface area contributed by atoms with Gasteiger partial charge in [0.15, 0.2) is 0 Å². The molecule has 2 aromatic rings. The van der Waals surface area contributed by atoms with E-state index in [9.17, 15) is 5.11 Å². The van der Waals surface area contributed by atoms with Crippen LogP contribution >= 0.6 is 23.2 Å². The van der Waals surface area contributed by atoms with E-state index in [1.807, 2.05) is 18.2 Å². The van der Waals surface area contributed by atoms with Crippen LogP contribution in [0.2, 0.25) is 10.0 Å². The van der Waals surface area contributed by atoms with Crippen LogP contribution in [0.3, 0.4) is 0 Å². The Morgan fingerprint density at radius 1 is 1.10 bits per heavy atom. The van der Waals surface area contributed by atoms with Crippen LogP contribution in [0.4, 0.5) is 0 Å². The molecule has 0 aliphatic heterocycles. The zero-order chi connectivity index (χ0) is 14.1. The predicted molar refractivity (Wildman–Crippen MR) is 83.5 cm³/mol. The first kappa shape index (κ1) is 13.9. The molecule has 1 fully saturated rings. The van der Waals surface area contributed by atoms with E-state index < -0.39 is 6.10 Å². The number of aliphatic hydroxyl groups excluding tert-OH is 1. The number of hydrogen-bond acceptors (Lipinski definition) is 1. The average Bonchev–Trinajstić information content (AvgIpc) is 3.27. The molecule has 1 aliphatic rings. The lowest BCUT2D eigenvalue weighted by Gasteiger charge is -2.13. The second kappa shape index (κ2) is 5.77. The standard InChI is InChI=1S/C17H16Cl2O/c18-15-6-7-16(19)14(9-15)10-17(20)13-3-1-2-12(8-13)11-4-5-11/h1-3,6-9,11,17,20H,4-5,10H2. The molecule has 1 atom stereocenters. The summed E-state index contributed by atoms with van der Waals surface area (Å²) in [6.45, 7) is 0. The van der Waals surface area contributed by atoms with Crippen molar-refractivity contribution in [2.24, 2.45) is 0 Å². The van der Waals surface area contributed by atoms with Gasteiger partial charge in [0, 0.05) is 16.5 Å². The number of halogens is 2. The Kier molecular flexibility index (Phi) is 4.02. The maximum Gasteiger partial charge on any atom is 0.0831 e. The summed E-state index contributed by atoms with van der Waals surface area (Å²) in [6.07, 6.45) is 2.46. The summed E-state index contributed by atoms with van der Waals surface area (Å²) in [7, 11) is 0. The van der Waals surface area contributed by atoms with E-state index in [0.717, 1.165) is 11.1 Å². The molecule has 104 valence electrons. The third-order valence-corrected chi connectivity index (χ3v) is 4.37. The van der Waals surface area contributed by atoms with Gasteiger partial charge in [-0.15, -0.1) is 0 Å². The summed E-state index contributed by atoms with van der Waals surface area (Å²) < 4.78 is 0. The van der Waals surface area contributed by atoms with Crippen LogP contribution in [0.5, 0.6) is 0 Å². The maximum atomic E-state index is 10.4. The van der Waals surface area contributed by atoms with Gasteiger partial charge in [0.25, 0.3) is 0 Å². The van der Waals surface area contributed by atoms with Crippen LogP contribution in [0.15, 0.2) is 42.5 Å². The van der Waals surface area contributed by atoms with Crippen LogP contribution in [-0.2, 0) is 6.42 Å². The van der Waals surface area contributed by atoms with Gasteiger partial charge in [-0.25, -0.2) is 0 Å². The van der Waals surface area contributed by atoms with Gasteiger partial charge in [-0.1, -0.05) is 47.5 Å². The summed E-state index contributed by atoms with van der Waals surface area (Å²) >= 11 is 12.1. The average molecular weight is 307 g/mol. The molecule has 1 aliphatic carbocycles. The lowest BCUT2D eigenvalue weighted by Crippen LogP contribution is -2.03. The van der Waals surface area contributed by atoms with E-state index in [-0.39, 0.29) is 0 Å². The normalized spacial score (nSPS) is 16.1. The van der Waals surface area contributed by atoms with Gasteiger partial charge in [-0.05, 0) is 53.6 Å². The zero-order valence-corrected chi connectivity index (χ0v) is 12.5. The Morgan fingerprint density at radius 2 is 1.90 bits per heavy atom. The Balaban J connectivity index is 1.80. The Labute approximate surface area is 129 Å². The maximum absolute atomic E-state index is 10.4. The minimum absolute atomic E-state index is 0.480. The first-order valence-corrected chi connectivity index (χ1v) is 7.61. The van der Waals surface area contributed by atoms with Crippen LogP contribution in [0, 0.1) is 0 Å². The predicted octanol–water partition coefficient (Wildman–Crippen LogP) is 5.15. The molecule has 0 aromatic heterocycles. The molecule has 3 rings (SSSR count). The van der Waals surface area contributed by atoms with Crippen molar-refractivity contribution in [2.45, 2.75) is 31.3 Å². The van der Waals surface area contributed by atoms with Gasteiger partial charge >= 0.3 is 0 Å². The monoisotopic (exact) mass is 306 g/mol. The highest BCUT2D eigenvalue weighted by atomic mass is 35.5. The van der Waals surface area contributed by atoms with Crippen LogP contribution in [0.1, 0.15) is 41.6 Å². The molecular weight excluding hydrogens is 291 g/mol. The first-order chi connectivity index (χ1) is 9.63. The number of rotatable bonds is 4. The number of benzene rings is 2. The highest BCUT2D eigenvalue weighted by molar-refractivity contribution is 6.33. The Bertz CT molecular complexity index is 620. The molecular formula is C17H16Cl2O. The van der Waals surface area contributed by atoms with Crippen molar-refractivity contribution in [2.75, 3.05) is 0 Å². The zero-order valence-electron chi connectivity index (χ0n) is 11.0. The lowest BCUT2D eigenvalue weighted by molar-refractivity contribution is 0.178. The SMILES string of the molecule is OC(Cc1cc(Cl)ccc1Cl)c1cccc(C2CC2)c1. The molecule has 3 heteroatoms. The third kappa shape index (κ3) is 3.17. The topological polar surface area (TPSA) is 20.2 Å². The van der Waals surface area contributed by atoms with E-state index >= 15 is 0 Å². The smallest absolute Gasteiger partial charge is 0.0831 e. The quantitative estimate of drug-likeness (QED) is 0.828. The van der Waals surface area contributed by atoms with Crippen molar-refractivity contribution in [3.8, 4) is 0 Å². The second-order valence-electron chi connectivity index (χ2n) is 5.40. The van der Waals surface area contributed by atoms with Crippen LogP contribution in [0.25, 0.3) is 0 Å². The summed E-state index contributed by atoms with van der Waals surface area (Å²) in [5.74, 6) is 0.692. The highest BCUT2D eigenvalue weighted by Crippen LogP contribution is 2.40. The molecule has 0 amide bonds. The van der Waals surface area contributed by atoms with Crippen molar-refractivity contribution in [3.63, 3.8) is 0 Å². The molecule has 2 aromatic carbocycles. The van der Waals surface area contributed by atoms with Crippen molar-refractivity contribution >= 4 is 23.2 Å². The Hall–Kier alpha value is -1.02. The van der Waals surface area contributed by atoms with E-state index in [1.54, 1.807) is 12.1 Å². The molecule has 1 unspecified atom stereocenters. The van der Waals surface area contributed by atoms with Crippen molar-refractivity contribution < 1.29 is 5.11 Å². The van der Waals surface area contributed by atoms with Gasteiger partial charge in [-0.2, -0.15) is 0 Å². The van der Waals surface area contributed by atoms with Gasteiger partial charge in [-0.3, -0.25) is 0 Å². The van der Waals surface area contributed by atoms with Crippen molar-refractivity contribution in [1.29, 1.82) is 0 Å². The number of hydrogen-bond donors (Lipinski definition) is 1. The fraction of sp³-hybridized carbons (Fsp3) is 0.294. The second-order valence-corrected chi connectivity index (χ2v) is 6.24. The minimum atomic E-state index is -0.551. The molecule has 0 bridgehead atoms. The van der Waals surface area contributed by atoms with Crippen molar-refractivity contribution in [1.82, 2.24) is 0 Å². The Morgan fingerprint density at radius 3 is 2.65 bits per heavy atom. The van der Waals surface area contributed by atoms with Gasteiger partial charge < -0.3 is 5.11 Å². The van der Waals surface area contributed by atoms with Gasteiger partial charge in [0.05, 0.1) is 6.10 Å². The van der Waals surface area contributed by atoms with Gasteiger partial charge in [0.2, 0.25) is 0 Å². The number of aliphatic hydroxyl groups is 1. The molecule has 0 radical (unpaired) electrons. The third-order valence-electron chi connectivity index (χ3n) is 3.77. The summed E-state index contributed by atoms with van der Waals surface area (Å²) in [4.78, 5) is 0. The fourth-order valence-electron chi connectivity index (χ4n) is 2.46. The van der Waals surface area contributed by atoms with Crippen molar-refractivity contribution in [3.05, 3.63) is 69.2 Å². The van der Waals surface area contributed by atoms with Crippen LogP contribution < -0.4 is 0 Å². The van der Waals surface area contributed by atoms with Gasteiger partial charge in [0.1, 0.15) is 0 Å². The lowest BCUT2D eigenvalue weighted by atomic mass is 9.98. The molecule has 0 heterocycles. The summed E-state index contributed by atoms with van der Waals surface area (Å²) in [5, 5.41) is 11.7.